The van der Waals surface area contributed by atoms with E-state index in [-0.39, 0.29) is 0 Å². The summed E-state index contributed by atoms with van der Waals surface area (Å²) in [4.78, 5) is 23.2. The minimum absolute atomic E-state index is 0.304. The SMILES string of the molecule is Cc1nc2cc(Nc3nc(COCC(C)C)nc4nc(-c5ncccc5C)ccc34)ccc2o1. The zero-order valence-corrected chi connectivity index (χ0v) is 19.7. The van der Waals surface area contributed by atoms with Crippen LogP contribution in [-0.4, -0.2) is 31.5 Å². The van der Waals surface area contributed by atoms with Gasteiger partial charge in [-0.2, -0.15) is 0 Å². The summed E-state index contributed by atoms with van der Waals surface area (Å²) in [7, 11) is 0. The Morgan fingerprint density at radius 3 is 2.71 bits per heavy atom. The molecule has 0 atom stereocenters. The molecule has 5 aromatic rings. The molecule has 34 heavy (non-hydrogen) atoms. The van der Waals surface area contributed by atoms with E-state index in [0.717, 1.165) is 39.1 Å². The van der Waals surface area contributed by atoms with Crippen molar-refractivity contribution in [2.24, 2.45) is 5.92 Å². The predicted molar refractivity (Wildman–Crippen MR) is 132 cm³/mol. The molecule has 8 nitrogen and oxygen atoms in total. The van der Waals surface area contributed by atoms with Crippen LogP contribution in [0.15, 0.2) is 53.1 Å². The van der Waals surface area contributed by atoms with Crippen LogP contribution in [-0.2, 0) is 11.3 Å². The summed E-state index contributed by atoms with van der Waals surface area (Å²) < 4.78 is 11.4. The zero-order chi connectivity index (χ0) is 23.7. The van der Waals surface area contributed by atoms with E-state index in [0.29, 0.717) is 42.3 Å². The van der Waals surface area contributed by atoms with E-state index in [2.05, 4.69) is 29.1 Å². The van der Waals surface area contributed by atoms with Crippen molar-refractivity contribution in [3.05, 3.63) is 65.9 Å². The smallest absolute Gasteiger partial charge is 0.192 e. The molecule has 1 aromatic carbocycles. The maximum absolute atomic E-state index is 5.81. The van der Waals surface area contributed by atoms with Crippen LogP contribution in [0.5, 0.6) is 0 Å². The van der Waals surface area contributed by atoms with Crippen LogP contribution in [0.2, 0.25) is 0 Å². The Hall–Kier alpha value is -3.91. The number of pyridine rings is 2. The van der Waals surface area contributed by atoms with Crippen molar-refractivity contribution in [3.63, 3.8) is 0 Å². The average Bonchev–Trinajstić information content (AvgIpc) is 3.18. The number of benzene rings is 1. The quantitative estimate of drug-likeness (QED) is 0.331. The van der Waals surface area contributed by atoms with E-state index >= 15 is 0 Å². The molecule has 0 aliphatic carbocycles. The molecule has 0 aliphatic rings. The monoisotopic (exact) mass is 454 g/mol. The summed E-state index contributed by atoms with van der Waals surface area (Å²) in [5.74, 6) is 2.28. The highest BCUT2D eigenvalue weighted by molar-refractivity contribution is 5.91. The van der Waals surface area contributed by atoms with Gasteiger partial charge in [0.15, 0.2) is 22.9 Å². The number of hydrogen-bond acceptors (Lipinski definition) is 8. The van der Waals surface area contributed by atoms with Crippen LogP contribution in [0.3, 0.4) is 0 Å². The minimum Gasteiger partial charge on any atom is -0.441 e. The van der Waals surface area contributed by atoms with Gasteiger partial charge in [0, 0.05) is 25.4 Å². The van der Waals surface area contributed by atoms with Crippen molar-refractivity contribution in [1.82, 2.24) is 24.9 Å². The third-order valence-electron chi connectivity index (χ3n) is 5.30. The van der Waals surface area contributed by atoms with Gasteiger partial charge in [0.25, 0.3) is 0 Å². The predicted octanol–water partition coefficient (Wildman–Crippen LogP) is 5.76. The number of aromatic nitrogens is 5. The molecule has 4 aromatic heterocycles. The number of oxazole rings is 1. The maximum Gasteiger partial charge on any atom is 0.192 e. The van der Waals surface area contributed by atoms with E-state index in [1.165, 1.54) is 0 Å². The summed E-state index contributed by atoms with van der Waals surface area (Å²) in [5, 5.41) is 4.22. The first-order chi connectivity index (χ1) is 16.5. The highest BCUT2D eigenvalue weighted by atomic mass is 16.5. The second-order valence-corrected chi connectivity index (χ2v) is 8.67. The molecule has 0 unspecified atom stereocenters. The molecule has 8 heteroatoms. The summed E-state index contributed by atoms with van der Waals surface area (Å²) in [6.07, 6.45) is 1.77. The van der Waals surface area contributed by atoms with E-state index in [4.69, 9.17) is 24.1 Å². The number of rotatable bonds is 7. The van der Waals surface area contributed by atoms with E-state index in [1.807, 2.05) is 56.3 Å². The fourth-order valence-electron chi connectivity index (χ4n) is 3.74. The van der Waals surface area contributed by atoms with Crippen molar-refractivity contribution < 1.29 is 9.15 Å². The second kappa shape index (κ2) is 9.15. The standard InChI is InChI=1S/C26H26N6O2/c1-15(2)13-33-14-23-31-25(29-18-7-10-22-21(12-18)28-17(4)34-22)19-8-9-20(30-26(19)32-23)24-16(3)6-5-11-27-24/h5-12,15H,13-14H2,1-4H3,(H,29,30,31,32). The van der Waals surface area contributed by atoms with Gasteiger partial charge < -0.3 is 14.5 Å². The van der Waals surface area contributed by atoms with Crippen LogP contribution in [0.1, 0.15) is 31.1 Å². The van der Waals surface area contributed by atoms with Gasteiger partial charge in [0.1, 0.15) is 17.9 Å². The third-order valence-corrected chi connectivity index (χ3v) is 5.30. The summed E-state index contributed by atoms with van der Waals surface area (Å²) in [6, 6.07) is 13.6. The van der Waals surface area contributed by atoms with E-state index in [1.54, 1.807) is 6.20 Å². The van der Waals surface area contributed by atoms with Crippen LogP contribution < -0.4 is 5.32 Å². The summed E-state index contributed by atoms with van der Waals surface area (Å²) in [5.41, 5.74) is 5.62. The number of ether oxygens (including phenoxy) is 1. The molecule has 1 N–H and O–H groups in total. The Labute approximate surface area is 197 Å². The lowest BCUT2D eigenvalue weighted by Gasteiger charge is -2.12. The van der Waals surface area contributed by atoms with Gasteiger partial charge in [-0.3, -0.25) is 4.98 Å². The molecule has 0 saturated carbocycles. The van der Waals surface area contributed by atoms with Gasteiger partial charge in [-0.1, -0.05) is 19.9 Å². The summed E-state index contributed by atoms with van der Waals surface area (Å²) >= 11 is 0. The molecule has 4 heterocycles. The lowest BCUT2D eigenvalue weighted by molar-refractivity contribution is 0.0925. The Morgan fingerprint density at radius 1 is 1.00 bits per heavy atom. The van der Waals surface area contributed by atoms with Gasteiger partial charge in [-0.05, 0) is 54.8 Å². The first-order valence-corrected chi connectivity index (χ1v) is 11.3. The second-order valence-electron chi connectivity index (χ2n) is 8.67. The molecule has 0 amide bonds. The molecule has 0 bridgehead atoms. The Balaban J connectivity index is 1.56. The van der Waals surface area contributed by atoms with Gasteiger partial charge >= 0.3 is 0 Å². The van der Waals surface area contributed by atoms with Crippen molar-refractivity contribution in [3.8, 4) is 11.4 Å². The average molecular weight is 455 g/mol. The molecular weight excluding hydrogens is 428 g/mol. The minimum atomic E-state index is 0.304. The molecule has 172 valence electrons. The zero-order valence-electron chi connectivity index (χ0n) is 19.7. The highest BCUT2D eigenvalue weighted by Crippen LogP contribution is 2.28. The first kappa shape index (κ1) is 21.9. The number of nitrogens with one attached hydrogen (secondary N) is 1. The molecule has 0 spiro atoms. The van der Waals surface area contributed by atoms with Gasteiger partial charge in [0.05, 0.1) is 16.8 Å². The molecule has 0 fully saturated rings. The normalized spacial score (nSPS) is 11.6. The van der Waals surface area contributed by atoms with Crippen molar-refractivity contribution in [2.45, 2.75) is 34.3 Å². The van der Waals surface area contributed by atoms with Crippen LogP contribution in [0.4, 0.5) is 11.5 Å². The van der Waals surface area contributed by atoms with Crippen molar-refractivity contribution in [2.75, 3.05) is 11.9 Å². The largest absolute Gasteiger partial charge is 0.441 e. The van der Waals surface area contributed by atoms with Crippen molar-refractivity contribution >= 4 is 33.6 Å². The molecular formula is C26H26N6O2. The topological polar surface area (TPSA) is 98.9 Å². The number of aryl methyl sites for hydroxylation is 2. The molecule has 0 saturated heterocycles. The van der Waals surface area contributed by atoms with Crippen molar-refractivity contribution in [1.29, 1.82) is 0 Å². The molecule has 5 rings (SSSR count). The Bertz CT molecular complexity index is 1480. The number of nitrogens with zero attached hydrogens (tertiary/aromatic N) is 5. The van der Waals surface area contributed by atoms with Gasteiger partial charge in [-0.15, -0.1) is 0 Å². The first-order valence-electron chi connectivity index (χ1n) is 11.3. The van der Waals surface area contributed by atoms with Gasteiger partial charge in [-0.25, -0.2) is 19.9 Å². The molecule has 0 aliphatic heterocycles. The maximum atomic E-state index is 5.81. The Morgan fingerprint density at radius 2 is 1.88 bits per heavy atom. The lowest BCUT2D eigenvalue weighted by Crippen LogP contribution is -2.07. The number of anilines is 2. The van der Waals surface area contributed by atoms with Crippen LogP contribution in [0.25, 0.3) is 33.5 Å². The lowest BCUT2D eigenvalue weighted by atomic mass is 10.1. The number of hydrogen-bond donors (Lipinski definition) is 1. The van der Waals surface area contributed by atoms with E-state index in [9.17, 15) is 0 Å². The molecule has 0 radical (unpaired) electrons. The van der Waals surface area contributed by atoms with Crippen LogP contribution in [0, 0.1) is 19.8 Å². The Kier molecular flexibility index (Phi) is 5.90. The van der Waals surface area contributed by atoms with Crippen LogP contribution >= 0.6 is 0 Å². The fourth-order valence-corrected chi connectivity index (χ4v) is 3.74. The fraction of sp³-hybridized carbons (Fsp3) is 0.269. The van der Waals surface area contributed by atoms with Gasteiger partial charge in [0.2, 0.25) is 0 Å². The third kappa shape index (κ3) is 4.58. The summed E-state index contributed by atoms with van der Waals surface area (Å²) in [6.45, 7) is 9.01. The van der Waals surface area contributed by atoms with E-state index < -0.39 is 0 Å². The highest BCUT2D eigenvalue weighted by Gasteiger charge is 2.14. The number of fused-ring (bicyclic) bond motifs is 2.